The van der Waals surface area contributed by atoms with Crippen molar-refractivity contribution in [1.29, 1.82) is 0 Å². The maximum atomic E-state index is 6.22. The monoisotopic (exact) mass is 252 g/mol. The van der Waals surface area contributed by atoms with E-state index in [1.165, 1.54) is 58.0 Å². The van der Waals surface area contributed by atoms with E-state index in [-0.39, 0.29) is 0 Å². The van der Waals surface area contributed by atoms with Crippen LogP contribution in [0.2, 0.25) is 0 Å². The van der Waals surface area contributed by atoms with E-state index in [1.807, 2.05) is 0 Å². The third-order valence-corrected chi connectivity index (χ3v) is 5.83. The zero-order chi connectivity index (χ0) is 13.2. The van der Waals surface area contributed by atoms with Crippen LogP contribution in [0.3, 0.4) is 0 Å². The Kier molecular flexibility index (Phi) is 4.38. The molecule has 2 nitrogen and oxygen atoms in total. The van der Waals surface area contributed by atoms with Crippen molar-refractivity contribution < 1.29 is 0 Å². The Morgan fingerprint density at radius 2 is 1.83 bits per heavy atom. The fraction of sp³-hybridized carbons (Fsp3) is 1.00. The van der Waals surface area contributed by atoms with Gasteiger partial charge in [-0.25, -0.2) is 0 Å². The summed E-state index contributed by atoms with van der Waals surface area (Å²) in [6.45, 7) is 10.5. The predicted molar refractivity (Wildman–Crippen MR) is 78.6 cm³/mol. The Morgan fingerprint density at radius 1 is 1.22 bits per heavy atom. The molecule has 2 fully saturated rings. The first-order chi connectivity index (χ1) is 8.60. The van der Waals surface area contributed by atoms with E-state index in [1.54, 1.807) is 0 Å². The summed E-state index contributed by atoms with van der Waals surface area (Å²) in [6, 6.07) is 0. The molecular formula is C16H32N2. The van der Waals surface area contributed by atoms with Crippen molar-refractivity contribution in [3.8, 4) is 0 Å². The van der Waals surface area contributed by atoms with Gasteiger partial charge in [-0.2, -0.15) is 0 Å². The van der Waals surface area contributed by atoms with Gasteiger partial charge in [-0.05, 0) is 56.5 Å². The molecule has 0 spiro atoms. The zero-order valence-corrected chi connectivity index (χ0v) is 12.7. The molecule has 2 rings (SSSR count). The maximum Gasteiger partial charge on any atom is 0.0359 e. The van der Waals surface area contributed by atoms with Crippen molar-refractivity contribution in [1.82, 2.24) is 4.90 Å². The van der Waals surface area contributed by atoms with Crippen LogP contribution in [-0.4, -0.2) is 30.1 Å². The highest BCUT2D eigenvalue weighted by molar-refractivity contribution is 5.04. The van der Waals surface area contributed by atoms with Gasteiger partial charge in [0.05, 0.1) is 0 Å². The molecule has 1 aliphatic heterocycles. The Morgan fingerprint density at radius 3 is 2.22 bits per heavy atom. The van der Waals surface area contributed by atoms with E-state index in [4.69, 9.17) is 5.73 Å². The van der Waals surface area contributed by atoms with Gasteiger partial charge in [0.25, 0.3) is 0 Å². The minimum absolute atomic E-state index is 0.351. The number of nitrogens with zero attached hydrogens (tertiary/aromatic N) is 1. The lowest BCUT2D eigenvalue weighted by Gasteiger charge is -2.50. The summed E-state index contributed by atoms with van der Waals surface area (Å²) in [4.78, 5) is 2.77. The molecule has 2 aliphatic rings. The highest BCUT2D eigenvalue weighted by Gasteiger charge is 2.48. The summed E-state index contributed by atoms with van der Waals surface area (Å²) >= 11 is 0. The van der Waals surface area contributed by atoms with E-state index in [0.717, 1.165) is 12.5 Å². The lowest BCUT2D eigenvalue weighted by atomic mass is 9.75. The van der Waals surface area contributed by atoms with E-state index in [2.05, 4.69) is 25.7 Å². The van der Waals surface area contributed by atoms with Gasteiger partial charge < -0.3 is 5.73 Å². The molecule has 2 heteroatoms. The molecule has 1 saturated heterocycles. The van der Waals surface area contributed by atoms with Crippen LogP contribution >= 0.6 is 0 Å². The van der Waals surface area contributed by atoms with Gasteiger partial charge in [0.2, 0.25) is 0 Å². The highest BCUT2D eigenvalue weighted by atomic mass is 15.2. The normalized spacial score (nSPS) is 28.0. The first kappa shape index (κ1) is 14.3. The van der Waals surface area contributed by atoms with Crippen LogP contribution in [0.25, 0.3) is 0 Å². The Bertz CT molecular complexity index is 264. The van der Waals surface area contributed by atoms with Gasteiger partial charge in [0, 0.05) is 12.1 Å². The minimum Gasteiger partial charge on any atom is -0.329 e. The van der Waals surface area contributed by atoms with Gasteiger partial charge in [0.1, 0.15) is 0 Å². The number of rotatable bonds is 6. The SMILES string of the molecule is CCCC(CN)(C1CC1)N1CCC(C)(CC)CC1. The van der Waals surface area contributed by atoms with Crippen LogP contribution in [0.15, 0.2) is 0 Å². The largest absolute Gasteiger partial charge is 0.329 e. The summed E-state index contributed by atoms with van der Waals surface area (Å²) in [7, 11) is 0. The van der Waals surface area contributed by atoms with Crippen molar-refractivity contribution in [2.24, 2.45) is 17.1 Å². The summed E-state index contributed by atoms with van der Waals surface area (Å²) in [5.41, 5.74) is 7.16. The third-order valence-electron chi connectivity index (χ3n) is 5.83. The number of hydrogen-bond donors (Lipinski definition) is 1. The molecule has 0 amide bonds. The summed E-state index contributed by atoms with van der Waals surface area (Å²) in [5.74, 6) is 0.897. The minimum atomic E-state index is 0.351. The summed E-state index contributed by atoms with van der Waals surface area (Å²) < 4.78 is 0. The second-order valence-corrected chi connectivity index (χ2v) is 6.98. The molecule has 106 valence electrons. The van der Waals surface area contributed by atoms with Crippen LogP contribution in [-0.2, 0) is 0 Å². The van der Waals surface area contributed by atoms with Crippen LogP contribution in [0, 0.1) is 11.3 Å². The Labute approximate surface area is 113 Å². The third kappa shape index (κ3) is 2.60. The fourth-order valence-corrected chi connectivity index (χ4v) is 3.92. The molecule has 2 N–H and O–H groups in total. The zero-order valence-electron chi connectivity index (χ0n) is 12.7. The second-order valence-electron chi connectivity index (χ2n) is 6.98. The average molecular weight is 252 g/mol. The van der Waals surface area contributed by atoms with Crippen molar-refractivity contribution in [3.63, 3.8) is 0 Å². The van der Waals surface area contributed by atoms with Crippen molar-refractivity contribution in [2.75, 3.05) is 19.6 Å². The van der Waals surface area contributed by atoms with E-state index in [0.29, 0.717) is 11.0 Å². The Hall–Kier alpha value is -0.0800. The topological polar surface area (TPSA) is 29.3 Å². The van der Waals surface area contributed by atoms with Gasteiger partial charge in [-0.1, -0.05) is 33.6 Å². The van der Waals surface area contributed by atoms with E-state index < -0.39 is 0 Å². The van der Waals surface area contributed by atoms with E-state index >= 15 is 0 Å². The molecule has 1 saturated carbocycles. The van der Waals surface area contributed by atoms with Crippen LogP contribution < -0.4 is 5.73 Å². The molecule has 18 heavy (non-hydrogen) atoms. The molecule has 0 aromatic carbocycles. The molecule has 0 bridgehead atoms. The molecule has 0 aromatic rings. The molecule has 1 atom stereocenters. The summed E-state index contributed by atoms with van der Waals surface area (Å²) in [5, 5.41) is 0. The molecular weight excluding hydrogens is 220 g/mol. The number of likely N-dealkylation sites (tertiary alicyclic amines) is 1. The lowest BCUT2D eigenvalue weighted by molar-refractivity contribution is 0.00593. The average Bonchev–Trinajstić information content (AvgIpc) is 3.22. The summed E-state index contributed by atoms with van der Waals surface area (Å²) in [6.07, 6.45) is 9.46. The fourth-order valence-electron chi connectivity index (χ4n) is 3.92. The first-order valence-electron chi connectivity index (χ1n) is 8.05. The van der Waals surface area contributed by atoms with Crippen LogP contribution in [0.5, 0.6) is 0 Å². The Balaban J connectivity index is 2.04. The molecule has 0 radical (unpaired) electrons. The van der Waals surface area contributed by atoms with Crippen molar-refractivity contribution in [2.45, 2.75) is 71.3 Å². The van der Waals surface area contributed by atoms with Crippen molar-refractivity contribution in [3.05, 3.63) is 0 Å². The molecule has 0 aromatic heterocycles. The first-order valence-corrected chi connectivity index (χ1v) is 8.05. The predicted octanol–water partition coefficient (Wildman–Crippen LogP) is 3.41. The maximum absolute atomic E-state index is 6.22. The lowest BCUT2D eigenvalue weighted by Crippen LogP contribution is -2.58. The molecule has 1 heterocycles. The smallest absolute Gasteiger partial charge is 0.0359 e. The second kappa shape index (κ2) is 5.50. The van der Waals surface area contributed by atoms with Gasteiger partial charge in [0.15, 0.2) is 0 Å². The van der Waals surface area contributed by atoms with Crippen LogP contribution in [0.1, 0.15) is 65.7 Å². The van der Waals surface area contributed by atoms with E-state index in [9.17, 15) is 0 Å². The van der Waals surface area contributed by atoms with Gasteiger partial charge >= 0.3 is 0 Å². The van der Waals surface area contributed by atoms with Gasteiger partial charge in [-0.3, -0.25) is 4.90 Å². The number of hydrogen-bond acceptors (Lipinski definition) is 2. The molecule has 1 aliphatic carbocycles. The highest BCUT2D eigenvalue weighted by Crippen LogP contribution is 2.47. The number of piperidine rings is 1. The number of nitrogens with two attached hydrogens (primary N) is 1. The van der Waals surface area contributed by atoms with Crippen LogP contribution in [0.4, 0.5) is 0 Å². The molecule has 1 unspecified atom stereocenters. The quantitative estimate of drug-likeness (QED) is 0.785. The van der Waals surface area contributed by atoms with Crippen molar-refractivity contribution >= 4 is 0 Å². The van der Waals surface area contributed by atoms with Gasteiger partial charge in [-0.15, -0.1) is 0 Å². The standard InChI is InChI=1S/C16H32N2/c1-4-8-16(13-17,14-6-7-14)18-11-9-15(3,5-2)10-12-18/h14H,4-13,17H2,1-3H3.